The van der Waals surface area contributed by atoms with E-state index >= 15 is 0 Å². The number of rotatable bonds is 5. The van der Waals surface area contributed by atoms with Gasteiger partial charge in [-0.3, -0.25) is 14.9 Å². The molecule has 1 saturated carbocycles. The Hall–Kier alpha value is -1.33. The highest BCUT2D eigenvalue weighted by Gasteiger charge is 2.33. The fraction of sp³-hybridized carbons (Fsp3) is 0.500. The third-order valence-electron chi connectivity index (χ3n) is 3.93. The van der Waals surface area contributed by atoms with E-state index in [4.69, 9.17) is 23.2 Å². The van der Waals surface area contributed by atoms with Crippen molar-refractivity contribution in [1.82, 2.24) is 5.32 Å². The van der Waals surface area contributed by atoms with E-state index in [9.17, 15) is 14.9 Å². The van der Waals surface area contributed by atoms with Crippen molar-refractivity contribution in [1.29, 1.82) is 0 Å². The molecule has 1 amide bonds. The number of nitro benzene ring substituents is 1. The van der Waals surface area contributed by atoms with E-state index in [0.29, 0.717) is 12.4 Å². The predicted octanol–water partition coefficient (Wildman–Crippen LogP) is 3.78. The average molecular weight is 331 g/mol. The van der Waals surface area contributed by atoms with Gasteiger partial charge in [-0.05, 0) is 18.9 Å². The number of nitrogens with zero attached hydrogens (tertiary/aromatic N) is 1. The van der Waals surface area contributed by atoms with Crippen LogP contribution in [-0.4, -0.2) is 23.3 Å². The monoisotopic (exact) mass is 330 g/mol. The SMILES string of the molecule is O=C(NCC1(CCl)CCCC1)c1cc(Cl)cc([N+](=O)[O-])c1. The van der Waals surface area contributed by atoms with Crippen LogP contribution in [0.4, 0.5) is 5.69 Å². The molecule has 0 saturated heterocycles. The van der Waals surface area contributed by atoms with Crippen molar-refractivity contribution in [2.45, 2.75) is 25.7 Å². The number of benzene rings is 1. The first-order valence-corrected chi connectivity index (χ1v) is 7.66. The number of nitrogens with one attached hydrogen (secondary N) is 1. The lowest BCUT2D eigenvalue weighted by molar-refractivity contribution is -0.384. The van der Waals surface area contributed by atoms with Crippen LogP contribution in [0, 0.1) is 15.5 Å². The number of alkyl halides is 1. The normalized spacial score (nSPS) is 16.7. The minimum absolute atomic E-state index is 0.0538. The molecule has 0 spiro atoms. The maximum atomic E-state index is 12.2. The molecule has 1 aromatic rings. The van der Waals surface area contributed by atoms with Gasteiger partial charge in [0.05, 0.1) is 4.92 Å². The number of hydrogen-bond acceptors (Lipinski definition) is 3. The van der Waals surface area contributed by atoms with E-state index in [2.05, 4.69) is 5.32 Å². The fourth-order valence-electron chi connectivity index (χ4n) is 2.66. The largest absolute Gasteiger partial charge is 0.351 e. The summed E-state index contributed by atoms with van der Waals surface area (Å²) in [5, 5.41) is 13.8. The van der Waals surface area contributed by atoms with E-state index in [0.717, 1.165) is 25.7 Å². The lowest BCUT2D eigenvalue weighted by atomic mass is 9.88. The van der Waals surface area contributed by atoms with E-state index in [1.807, 2.05) is 0 Å². The average Bonchev–Trinajstić information content (AvgIpc) is 2.93. The molecule has 0 unspecified atom stereocenters. The maximum Gasteiger partial charge on any atom is 0.271 e. The molecule has 1 fully saturated rings. The number of carbonyl (C=O) groups excluding carboxylic acids is 1. The maximum absolute atomic E-state index is 12.2. The van der Waals surface area contributed by atoms with Crippen LogP contribution in [0.2, 0.25) is 5.02 Å². The van der Waals surface area contributed by atoms with Gasteiger partial charge in [-0.15, -0.1) is 11.6 Å². The molecule has 114 valence electrons. The first-order valence-electron chi connectivity index (χ1n) is 6.75. The summed E-state index contributed by atoms with van der Waals surface area (Å²) in [6, 6.07) is 3.87. The minimum Gasteiger partial charge on any atom is -0.351 e. The summed E-state index contributed by atoms with van der Waals surface area (Å²) >= 11 is 11.8. The third-order valence-corrected chi connectivity index (χ3v) is 4.71. The number of halogens is 2. The molecule has 0 heterocycles. The van der Waals surface area contributed by atoms with Crippen LogP contribution < -0.4 is 5.32 Å². The second kappa shape index (κ2) is 6.62. The van der Waals surface area contributed by atoms with E-state index in [1.165, 1.54) is 18.2 Å². The summed E-state index contributed by atoms with van der Waals surface area (Å²) in [6.07, 6.45) is 4.22. The summed E-state index contributed by atoms with van der Waals surface area (Å²) in [5.74, 6) is 0.139. The van der Waals surface area contributed by atoms with Gasteiger partial charge in [0.1, 0.15) is 0 Å². The molecular weight excluding hydrogens is 315 g/mol. The molecule has 0 bridgehead atoms. The highest BCUT2D eigenvalue weighted by Crippen LogP contribution is 2.38. The van der Waals surface area contributed by atoms with Crippen LogP contribution in [0.5, 0.6) is 0 Å². The first-order chi connectivity index (χ1) is 9.96. The van der Waals surface area contributed by atoms with Crippen molar-refractivity contribution < 1.29 is 9.72 Å². The van der Waals surface area contributed by atoms with Gasteiger partial charge in [0.25, 0.3) is 11.6 Å². The topological polar surface area (TPSA) is 72.2 Å². The highest BCUT2D eigenvalue weighted by molar-refractivity contribution is 6.31. The summed E-state index contributed by atoms with van der Waals surface area (Å²) in [5.41, 5.74) is -0.0562. The number of non-ortho nitro benzene ring substituents is 1. The predicted molar refractivity (Wildman–Crippen MR) is 82.1 cm³/mol. The van der Waals surface area contributed by atoms with Crippen LogP contribution in [0.3, 0.4) is 0 Å². The Morgan fingerprint density at radius 2 is 2.00 bits per heavy atom. The molecule has 7 heteroatoms. The Morgan fingerprint density at radius 1 is 1.33 bits per heavy atom. The molecule has 1 aliphatic rings. The molecule has 2 rings (SSSR count). The van der Waals surface area contributed by atoms with Gasteiger partial charge in [0, 0.05) is 40.6 Å². The van der Waals surface area contributed by atoms with Crippen molar-refractivity contribution >= 4 is 34.8 Å². The first kappa shape index (κ1) is 16.0. The van der Waals surface area contributed by atoms with Gasteiger partial charge in [-0.2, -0.15) is 0 Å². The molecule has 0 radical (unpaired) electrons. The quantitative estimate of drug-likeness (QED) is 0.507. The Balaban J connectivity index is 2.08. The zero-order chi connectivity index (χ0) is 15.5. The van der Waals surface area contributed by atoms with Crippen LogP contribution in [0.1, 0.15) is 36.0 Å². The Kier molecular flexibility index (Phi) is 5.06. The molecular formula is C14H16Cl2N2O3. The standard InChI is InChI=1S/C14H16Cl2N2O3/c15-8-14(3-1-2-4-14)9-17-13(19)10-5-11(16)7-12(6-10)18(20)21/h5-7H,1-4,8-9H2,(H,17,19). The second-order valence-corrected chi connectivity index (χ2v) is 6.18. The molecule has 0 atom stereocenters. The van der Waals surface area contributed by atoms with Gasteiger partial charge < -0.3 is 5.32 Å². The molecule has 1 aliphatic carbocycles. The van der Waals surface area contributed by atoms with Crippen molar-refractivity contribution in [3.63, 3.8) is 0 Å². The number of nitro groups is 1. The van der Waals surface area contributed by atoms with Crippen molar-refractivity contribution in [2.75, 3.05) is 12.4 Å². The van der Waals surface area contributed by atoms with E-state index in [-0.39, 0.29) is 27.6 Å². The number of carbonyl (C=O) groups is 1. The second-order valence-electron chi connectivity index (χ2n) is 5.48. The Bertz CT molecular complexity index is 557. The van der Waals surface area contributed by atoms with Crippen LogP contribution in [0.25, 0.3) is 0 Å². The Morgan fingerprint density at radius 3 is 2.57 bits per heavy atom. The van der Waals surface area contributed by atoms with E-state index in [1.54, 1.807) is 0 Å². The third kappa shape index (κ3) is 3.86. The molecule has 0 aromatic heterocycles. The van der Waals surface area contributed by atoms with Crippen LogP contribution in [0.15, 0.2) is 18.2 Å². The van der Waals surface area contributed by atoms with Crippen LogP contribution >= 0.6 is 23.2 Å². The summed E-state index contributed by atoms with van der Waals surface area (Å²) < 4.78 is 0. The fourth-order valence-corrected chi connectivity index (χ4v) is 3.25. The van der Waals surface area contributed by atoms with Crippen molar-refractivity contribution in [3.05, 3.63) is 38.9 Å². The molecule has 5 nitrogen and oxygen atoms in total. The Labute approximate surface area is 132 Å². The molecule has 1 N–H and O–H groups in total. The molecule has 21 heavy (non-hydrogen) atoms. The van der Waals surface area contributed by atoms with E-state index < -0.39 is 4.92 Å². The van der Waals surface area contributed by atoms with Gasteiger partial charge in [0.2, 0.25) is 0 Å². The zero-order valence-corrected chi connectivity index (χ0v) is 12.9. The molecule has 1 aromatic carbocycles. The number of amides is 1. The minimum atomic E-state index is -0.570. The van der Waals surface area contributed by atoms with Crippen molar-refractivity contribution in [2.24, 2.45) is 5.41 Å². The molecule has 0 aliphatic heterocycles. The highest BCUT2D eigenvalue weighted by atomic mass is 35.5. The van der Waals surface area contributed by atoms with Gasteiger partial charge in [-0.1, -0.05) is 24.4 Å². The lowest BCUT2D eigenvalue weighted by Crippen LogP contribution is -2.37. The summed E-state index contributed by atoms with van der Waals surface area (Å²) in [4.78, 5) is 22.4. The lowest BCUT2D eigenvalue weighted by Gasteiger charge is -2.26. The van der Waals surface area contributed by atoms with Gasteiger partial charge in [-0.25, -0.2) is 0 Å². The van der Waals surface area contributed by atoms with Crippen LogP contribution in [-0.2, 0) is 0 Å². The smallest absolute Gasteiger partial charge is 0.271 e. The number of hydrogen-bond donors (Lipinski definition) is 1. The summed E-state index contributed by atoms with van der Waals surface area (Å²) in [7, 11) is 0. The van der Waals surface area contributed by atoms with Gasteiger partial charge >= 0.3 is 0 Å². The zero-order valence-electron chi connectivity index (χ0n) is 11.4. The van der Waals surface area contributed by atoms with Gasteiger partial charge in [0.15, 0.2) is 0 Å². The summed E-state index contributed by atoms with van der Waals surface area (Å²) in [6.45, 7) is 0.482. The van der Waals surface area contributed by atoms with Crippen molar-refractivity contribution in [3.8, 4) is 0 Å².